The van der Waals surface area contributed by atoms with Crippen LogP contribution in [0.3, 0.4) is 0 Å². The first-order valence-electron chi connectivity index (χ1n) is 15.2. The van der Waals surface area contributed by atoms with Crippen molar-refractivity contribution >= 4 is 53.1 Å². The van der Waals surface area contributed by atoms with Gasteiger partial charge >= 0.3 is 0 Å². The number of nitrogens with zero attached hydrogens (tertiary/aromatic N) is 3. The maximum absolute atomic E-state index is 5.19. The first-order chi connectivity index (χ1) is 22.8. The van der Waals surface area contributed by atoms with Crippen LogP contribution in [0.2, 0.25) is 0 Å². The zero-order valence-electron chi connectivity index (χ0n) is 24.6. The number of hydrogen-bond donors (Lipinski definition) is 0. The fourth-order valence-corrected chi connectivity index (χ4v) is 8.24. The van der Waals surface area contributed by atoms with E-state index in [1.807, 2.05) is 41.7 Å². The van der Waals surface area contributed by atoms with Gasteiger partial charge < -0.3 is 0 Å². The third-order valence-corrected chi connectivity index (χ3v) is 10.5. The Morgan fingerprint density at radius 1 is 0.391 bits per heavy atom. The van der Waals surface area contributed by atoms with Gasteiger partial charge in [0.1, 0.15) is 5.01 Å². The number of aromatic nitrogens is 3. The van der Waals surface area contributed by atoms with Crippen LogP contribution in [0.1, 0.15) is 0 Å². The number of benzene rings is 6. The van der Waals surface area contributed by atoms with Gasteiger partial charge in [-0.15, -0.1) is 22.7 Å². The standard InChI is InChI=1S/C41H25N3S2/c1-3-11-26(12-4-1)28-15-9-16-29(23-28)34-25-35(43-40(42-34)27-13-5-2-6-14-27)31-17-10-20-37-39(31)32-22-21-30(24-38(32)45-37)41-44-33-18-7-8-19-36(33)46-41/h1-25H. The largest absolute Gasteiger partial charge is 0.236 e. The van der Waals surface area contributed by atoms with Gasteiger partial charge in [-0.05, 0) is 47.5 Å². The van der Waals surface area contributed by atoms with Crippen LogP contribution in [-0.2, 0) is 0 Å². The minimum absolute atomic E-state index is 0.716. The van der Waals surface area contributed by atoms with Crippen LogP contribution in [-0.4, -0.2) is 15.0 Å². The molecule has 6 aromatic carbocycles. The van der Waals surface area contributed by atoms with Crippen molar-refractivity contribution in [2.75, 3.05) is 0 Å². The number of rotatable bonds is 5. The highest BCUT2D eigenvalue weighted by molar-refractivity contribution is 7.26. The Kier molecular flexibility index (Phi) is 6.51. The molecule has 0 unspecified atom stereocenters. The van der Waals surface area contributed by atoms with Crippen molar-refractivity contribution in [3.63, 3.8) is 0 Å². The summed E-state index contributed by atoms with van der Waals surface area (Å²) >= 11 is 3.56. The molecule has 0 radical (unpaired) electrons. The Hall–Kier alpha value is -5.49. The highest BCUT2D eigenvalue weighted by atomic mass is 32.1. The summed E-state index contributed by atoms with van der Waals surface area (Å²) in [6, 6.07) is 53.1. The molecule has 46 heavy (non-hydrogen) atoms. The van der Waals surface area contributed by atoms with Gasteiger partial charge in [-0.25, -0.2) is 15.0 Å². The second-order valence-corrected chi connectivity index (χ2v) is 13.4. The molecule has 0 N–H and O–H groups in total. The van der Waals surface area contributed by atoms with Crippen molar-refractivity contribution in [2.24, 2.45) is 0 Å². The second kappa shape index (κ2) is 11.1. The molecule has 0 saturated heterocycles. The van der Waals surface area contributed by atoms with E-state index in [1.54, 1.807) is 11.3 Å². The summed E-state index contributed by atoms with van der Waals surface area (Å²) in [4.78, 5) is 15.2. The smallest absolute Gasteiger partial charge is 0.160 e. The predicted molar refractivity (Wildman–Crippen MR) is 195 cm³/mol. The van der Waals surface area contributed by atoms with Crippen molar-refractivity contribution in [3.8, 4) is 55.6 Å². The molecule has 0 atom stereocenters. The molecule has 0 bridgehead atoms. The Morgan fingerprint density at radius 2 is 1.09 bits per heavy atom. The molecule has 3 nitrogen and oxygen atoms in total. The third-order valence-electron chi connectivity index (χ3n) is 8.34. The van der Waals surface area contributed by atoms with E-state index in [4.69, 9.17) is 15.0 Å². The van der Waals surface area contributed by atoms with E-state index in [1.165, 1.54) is 30.4 Å². The molecule has 216 valence electrons. The third kappa shape index (κ3) is 4.78. The highest BCUT2D eigenvalue weighted by Crippen LogP contribution is 2.42. The molecule has 0 fully saturated rings. The molecule has 9 aromatic rings. The Bertz CT molecular complexity index is 2500. The predicted octanol–water partition coefficient (Wildman–Crippen LogP) is 11.8. The van der Waals surface area contributed by atoms with Gasteiger partial charge in [0.25, 0.3) is 0 Å². The lowest BCUT2D eigenvalue weighted by molar-refractivity contribution is 1.19. The minimum Gasteiger partial charge on any atom is -0.236 e. The lowest BCUT2D eigenvalue weighted by Crippen LogP contribution is -1.96. The summed E-state index contributed by atoms with van der Waals surface area (Å²) in [5, 5.41) is 3.50. The molecule has 9 rings (SSSR count). The molecule has 3 heterocycles. The molecule has 5 heteroatoms. The molecule has 0 aliphatic heterocycles. The SMILES string of the molecule is c1ccc(-c2cccc(-c3cc(-c4cccc5sc6cc(-c7nc8ccccc8s7)ccc6c45)nc(-c4ccccc4)n3)c2)cc1. The fourth-order valence-electron chi connectivity index (χ4n) is 6.11. The molecule has 0 spiro atoms. The quantitative estimate of drug-likeness (QED) is 0.191. The maximum Gasteiger partial charge on any atom is 0.160 e. The first-order valence-corrected chi connectivity index (χ1v) is 16.8. The molecule has 0 aliphatic carbocycles. The van der Waals surface area contributed by atoms with E-state index >= 15 is 0 Å². The van der Waals surface area contributed by atoms with Crippen molar-refractivity contribution < 1.29 is 0 Å². The van der Waals surface area contributed by atoms with E-state index in [0.717, 1.165) is 49.7 Å². The van der Waals surface area contributed by atoms with Crippen LogP contribution in [0.25, 0.3) is 86.0 Å². The van der Waals surface area contributed by atoms with E-state index in [-0.39, 0.29) is 0 Å². The number of para-hydroxylation sites is 1. The monoisotopic (exact) mass is 623 g/mol. The van der Waals surface area contributed by atoms with Crippen molar-refractivity contribution in [3.05, 3.63) is 152 Å². The van der Waals surface area contributed by atoms with Crippen LogP contribution in [0, 0.1) is 0 Å². The molecule has 3 aromatic heterocycles. The average molecular weight is 624 g/mol. The zero-order valence-corrected chi connectivity index (χ0v) is 26.2. The maximum atomic E-state index is 5.19. The van der Waals surface area contributed by atoms with Gasteiger partial charge in [0.15, 0.2) is 5.82 Å². The number of fused-ring (bicyclic) bond motifs is 4. The fraction of sp³-hybridized carbons (Fsp3) is 0. The summed E-state index contributed by atoms with van der Waals surface area (Å²) in [7, 11) is 0. The average Bonchev–Trinajstić information content (AvgIpc) is 3.74. The molecular formula is C41H25N3S2. The number of thiophene rings is 1. The normalized spacial score (nSPS) is 11.5. The van der Waals surface area contributed by atoms with Crippen molar-refractivity contribution in [2.45, 2.75) is 0 Å². The van der Waals surface area contributed by atoms with Crippen LogP contribution in [0.5, 0.6) is 0 Å². The minimum atomic E-state index is 0.716. The highest BCUT2D eigenvalue weighted by Gasteiger charge is 2.17. The molecular weight excluding hydrogens is 599 g/mol. The zero-order chi connectivity index (χ0) is 30.5. The lowest BCUT2D eigenvalue weighted by atomic mass is 9.99. The Morgan fingerprint density at radius 3 is 1.93 bits per heavy atom. The first kappa shape index (κ1) is 26.9. The van der Waals surface area contributed by atoms with Gasteiger partial charge in [0.2, 0.25) is 0 Å². The number of thiazole rings is 1. The van der Waals surface area contributed by atoms with Crippen LogP contribution in [0.4, 0.5) is 0 Å². The summed E-state index contributed by atoms with van der Waals surface area (Å²) in [5.41, 5.74) is 9.51. The van der Waals surface area contributed by atoms with Crippen molar-refractivity contribution in [1.82, 2.24) is 15.0 Å². The van der Waals surface area contributed by atoms with E-state index in [9.17, 15) is 0 Å². The van der Waals surface area contributed by atoms with Gasteiger partial charge in [0.05, 0.1) is 21.6 Å². The van der Waals surface area contributed by atoms with Crippen LogP contribution < -0.4 is 0 Å². The van der Waals surface area contributed by atoms with E-state index < -0.39 is 0 Å². The van der Waals surface area contributed by atoms with Crippen molar-refractivity contribution in [1.29, 1.82) is 0 Å². The van der Waals surface area contributed by atoms with E-state index in [2.05, 4.69) is 121 Å². The molecule has 0 aliphatic rings. The second-order valence-electron chi connectivity index (χ2n) is 11.3. The topological polar surface area (TPSA) is 38.7 Å². The van der Waals surface area contributed by atoms with E-state index in [0.29, 0.717) is 5.82 Å². The van der Waals surface area contributed by atoms with Crippen LogP contribution in [0.15, 0.2) is 152 Å². The number of hydrogen-bond acceptors (Lipinski definition) is 5. The summed E-state index contributed by atoms with van der Waals surface area (Å²) < 4.78 is 3.69. The van der Waals surface area contributed by atoms with Gasteiger partial charge in [0, 0.05) is 42.4 Å². The summed E-state index contributed by atoms with van der Waals surface area (Å²) in [6.07, 6.45) is 0. The molecule has 0 amide bonds. The molecule has 0 saturated carbocycles. The van der Waals surface area contributed by atoms with Gasteiger partial charge in [-0.3, -0.25) is 0 Å². The van der Waals surface area contributed by atoms with Gasteiger partial charge in [-0.2, -0.15) is 0 Å². The van der Waals surface area contributed by atoms with Gasteiger partial charge in [-0.1, -0.05) is 115 Å². The Labute approximate surface area is 274 Å². The lowest BCUT2D eigenvalue weighted by Gasteiger charge is -2.11. The van der Waals surface area contributed by atoms with Crippen LogP contribution >= 0.6 is 22.7 Å². The summed E-state index contributed by atoms with van der Waals surface area (Å²) in [6.45, 7) is 0. The Balaban J connectivity index is 1.21. The summed E-state index contributed by atoms with van der Waals surface area (Å²) in [5.74, 6) is 0.716.